The molecule has 41 heavy (non-hydrogen) atoms. The number of carbonyl (C=O) groups is 3. The van der Waals surface area contributed by atoms with Crippen LogP contribution >= 0.6 is 23.2 Å². The summed E-state index contributed by atoms with van der Waals surface area (Å²) in [4.78, 5) is 47.2. The molecule has 0 saturated carbocycles. The van der Waals surface area contributed by atoms with Crippen LogP contribution in [0.1, 0.15) is 57.6 Å². The Morgan fingerprint density at radius 2 is 1.78 bits per heavy atom. The summed E-state index contributed by atoms with van der Waals surface area (Å²) in [5.74, 6) is -4.44. The van der Waals surface area contributed by atoms with Gasteiger partial charge in [0.2, 0.25) is 5.82 Å². The van der Waals surface area contributed by atoms with Gasteiger partial charge in [0.15, 0.2) is 5.82 Å². The third kappa shape index (κ3) is 6.74. The van der Waals surface area contributed by atoms with Crippen molar-refractivity contribution in [1.29, 1.82) is 5.26 Å². The second-order valence-corrected chi connectivity index (χ2v) is 9.80. The first-order chi connectivity index (χ1) is 19.5. The summed E-state index contributed by atoms with van der Waals surface area (Å²) >= 11 is 12.3. The highest BCUT2D eigenvalue weighted by atomic mass is 35.5. The molecule has 0 aliphatic carbocycles. The van der Waals surface area contributed by atoms with Crippen LogP contribution in [0.25, 0.3) is 0 Å². The second-order valence-electron chi connectivity index (χ2n) is 8.96. The lowest BCUT2D eigenvalue weighted by molar-refractivity contribution is -0.117. The van der Waals surface area contributed by atoms with E-state index in [0.717, 1.165) is 12.1 Å². The molecule has 2 heterocycles. The molecule has 0 aliphatic heterocycles. The number of amides is 2. The summed E-state index contributed by atoms with van der Waals surface area (Å²) in [6.45, 7) is 2.58. The molecule has 4 rings (SSSR count). The fourth-order valence-corrected chi connectivity index (χ4v) is 4.62. The van der Waals surface area contributed by atoms with Gasteiger partial charge in [-0.05, 0) is 61.0 Å². The van der Waals surface area contributed by atoms with Crippen LogP contribution in [-0.2, 0) is 11.3 Å². The van der Waals surface area contributed by atoms with Crippen molar-refractivity contribution in [3.63, 3.8) is 0 Å². The Morgan fingerprint density at radius 3 is 2.41 bits per heavy atom. The van der Waals surface area contributed by atoms with E-state index in [0.29, 0.717) is 5.56 Å². The van der Waals surface area contributed by atoms with E-state index < -0.39 is 29.4 Å². The van der Waals surface area contributed by atoms with Crippen LogP contribution in [0.2, 0.25) is 10.0 Å². The molecular formula is C28H20Cl2F2N6O3. The number of aromatic nitrogens is 3. The van der Waals surface area contributed by atoms with Crippen molar-refractivity contribution in [2.45, 2.75) is 26.3 Å². The van der Waals surface area contributed by atoms with Gasteiger partial charge in [0.25, 0.3) is 11.8 Å². The predicted octanol–water partition coefficient (Wildman–Crippen LogP) is 5.98. The monoisotopic (exact) mass is 596 g/mol. The molecule has 0 spiro atoms. The van der Waals surface area contributed by atoms with Gasteiger partial charge >= 0.3 is 0 Å². The zero-order valence-electron chi connectivity index (χ0n) is 21.5. The van der Waals surface area contributed by atoms with Gasteiger partial charge in [-0.25, -0.2) is 18.7 Å². The quantitative estimate of drug-likeness (QED) is 0.257. The standard InChI is InChI=1S/C28H20Cl2F2N6O3/c1-14(39)13-38-24(15(2)21-10-19(31)4-5-22(21)30)25(37-27(40)17-7-18(29)9-20(32)8-17)36-26(38)28(41)35-23-6-3-16(11-33)12-34-23/h3-10,12,15H,13H2,1-2H3,(H,37,40)(H,34,35,41)/t15-/m0/s1. The molecular weight excluding hydrogens is 577 g/mol. The van der Waals surface area contributed by atoms with Crippen molar-refractivity contribution in [2.24, 2.45) is 0 Å². The largest absolute Gasteiger partial charge is 0.314 e. The summed E-state index contributed by atoms with van der Waals surface area (Å²) in [5, 5.41) is 14.3. The first-order valence-corrected chi connectivity index (χ1v) is 12.7. The number of hydrogen-bond donors (Lipinski definition) is 2. The highest BCUT2D eigenvalue weighted by Crippen LogP contribution is 2.36. The summed E-state index contributed by atoms with van der Waals surface area (Å²) in [5.41, 5.74) is 0.584. The molecule has 9 nitrogen and oxygen atoms in total. The smallest absolute Gasteiger partial charge is 0.292 e. The third-order valence-corrected chi connectivity index (χ3v) is 6.48. The van der Waals surface area contributed by atoms with Crippen LogP contribution in [0.5, 0.6) is 0 Å². The average molecular weight is 597 g/mol. The molecule has 13 heteroatoms. The van der Waals surface area contributed by atoms with Crippen LogP contribution in [0.4, 0.5) is 20.4 Å². The van der Waals surface area contributed by atoms with Gasteiger partial charge < -0.3 is 15.2 Å². The van der Waals surface area contributed by atoms with Crippen molar-refractivity contribution in [1.82, 2.24) is 14.5 Å². The topological polar surface area (TPSA) is 130 Å². The molecule has 2 aromatic heterocycles. The molecule has 0 aliphatic rings. The first-order valence-electron chi connectivity index (χ1n) is 12.0. The number of nitriles is 1. The number of rotatable bonds is 8. The lowest BCUT2D eigenvalue weighted by atomic mass is 9.96. The fourth-order valence-electron chi connectivity index (χ4n) is 4.12. The Hall–Kier alpha value is -4.66. The van der Waals surface area contributed by atoms with Crippen molar-refractivity contribution in [3.8, 4) is 6.07 Å². The molecule has 4 aromatic rings. The second kappa shape index (κ2) is 12.2. The van der Waals surface area contributed by atoms with E-state index in [1.807, 2.05) is 6.07 Å². The van der Waals surface area contributed by atoms with Crippen LogP contribution in [0, 0.1) is 23.0 Å². The number of pyridine rings is 1. The predicted molar refractivity (Wildman–Crippen MR) is 148 cm³/mol. The van der Waals surface area contributed by atoms with Crippen LogP contribution < -0.4 is 10.6 Å². The number of Topliss-reactive ketones (excluding diaryl/α,β-unsaturated/α-hetero) is 1. The molecule has 208 valence electrons. The maximum absolute atomic E-state index is 14.2. The maximum atomic E-state index is 14.2. The zero-order valence-corrected chi connectivity index (χ0v) is 23.0. The molecule has 0 unspecified atom stereocenters. The number of benzene rings is 2. The Labute approximate surface area is 242 Å². The van der Waals surface area contributed by atoms with Crippen LogP contribution in [-0.4, -0.2) is 32.1 Å². The fraction of sp³-hybridized carbons (Fsp3) is 0.143. The minimum atomic E-state index is -0.807. The van der Waals surface area contributed by atoms with Crippen molar-refractivity contribution in [2.75, 3.05) is 10.6 Å². The minimum Gasteiger partial charge on any atom is -0.314 e. The zero-order chi connectivity index (χ0) is 29.8. The molecule has 0 fully saturated rings. The van der Waals surface area contributed by atoms with Crippen molar-refractivity contribution in [3.05, 3.63) is 105 Å². The van der Waals surface area contributed by atoms with Crippen molar-refractivity contribution < 1.29 is 23.2 Å². The molecule has 2 amide bonds. The molecule has 0 saturated heterocycles. The number of imidazole rings is 1. The molecule has 0 radical (unpaired) electrons. The minimum absolute atomic E-state index is 0.0209. The van der Waals surface area contributed by atoms with Gasteiger partial charge in [-0.2, -0.15) is 5.26 Å². The average Bonchev–Trinajstić information content (AvgIpc) is 3.26. The molecule has 2 N–H and O–H groups in total. The molecule has 1 atom stereocenters. The number of carbonyl (C=O) groups excluding carboxylic acids is 3. The van der Waals surface area contributed by atoms with Gasteiger partial charge in [-0.3, -0.25) is 14.4 Å². The van der Waals surface area contributed by atoms with Gasteiger partial charge in [0, 0.05) is 27.7 Å². The van der Waals surface area contributed by atoms with E-state index in [1.54, 1.807) is 6.92 Å². The Kier molecular flexibility index (Phi) is 8.76. The Bertz CT molecular complexity index is 1700. The lowest BCUT2D eigenvalue weighted by Crippen LogP contribution is -2.22. The van der Waals surface area contributed by atoms with Gasteiger partial charge in [-0.1, -0.05) is 30.1 Å². The molecule has 0 bridgehead atoms. The van der Waals surface area contributed by atoms with E-state index in [9.17, 15) is 23.2 Å². The van der Waals surface area contributed by atoms with Gasteiger partial charge in [0.05, 0.1) is 17.8 Å². The van der Waals surface area contributed by atoms with Gasteiger partial charge in [0.1, 0.15) is 29.3 Å². The number of hydrogen-bond acceptors (Lipinski definition) is 6. The van der Waals surface area contributed by atoms with E-state index in [-0.39, 0.29) is 56.7 Å². The van der Waals surface area contributed by atoms with E-state index >= 15 is 0 Å². The Morgan fingerprint density at radius 1 is 1.02 bits per heavy atom. The Balaban J connectivity index is 1.86. The SMILES string of the molecule is CC(=O)Cn1c(C(=O)Nc2ccc(C#N)cn2)nc(NC(=O)c2cc(F)cc(Cl)c2)c1[C@@H](C)c1cc(F)ccc1Cl. The highest BCUT2D eigenvalue weighted by molar-refractivity contribution is 6.31. The number of anilines is 2. The summed E-state index contributed by atoms with van der Waals surface area (Å²) in [6.07, 6.45) is 1.26. The van der Waals surface area contributed by atoms with Crippen LogP contribution in [0.15, 0.2) is 54.7 Å². The summed E-state index contributed by atoms with van der Waals surface area (Å²) in [7, 11) is 0. The number of halogens is 4. The normalized spacial score (nSPS) is 11.4. The summed E-state index contributed by atoms with van der Waals surface area (Å²) < 4.78 is 29.5. The lowest BCUT2D eigenvalue weighted by Gasteiger charge is -2.19. The van der Waals surface area contributed by atoms with Crippen LogP contribution in [0.3, 0.4) is 0 Å². The van der Waals surface area contributed by atoms with E-state index in [4.69, 9.17) is 28.5 Å². The van der Waals surface area contributed by atoms with Crippen molar-refractivity contribution >= 4 is 52.4 Å². The molecule has 2 aromatic carbocycles. The maximum Gasteiger partial charge on any atom is 0.292 e. The number of ketones is 1. The third-order valence-electron chi connectivity index (χ3n) is 5.92. The van der Waals surface area contributed by atoms with E-state index in [2.05, 4.69) is 20.6 Å². The summed E-state index contributed by atoms with van der Waals surface area (Å²) in [6, 6.07) is 11.7. The first kappa shape index (κ1) is 29.3. The number of nitrogens with zero attached hydrogens (tertiary/aromatic N) is 4. The number of nitrogens with one attached hydrogen (secondary N) is 2. The highest BCUT2D eigenvalue weighted by Gasteiger charge is 2.29. The van der Waals surface area contributed by atoms with Gasteiger partial charge in [-0.15, -0.1) is 0 Å². The van der Waals surface area contributed by atoms with E-state index in [1.165, 1.54) is 54.1 Å².